The summed E-state index contributed by atoms with van der Waals surface area (Å²) in [6.07, 6.45) is 3.59. The van der Waals surface area contributed by atoms with Gasteiger partial charge in [0.1, 0.15) is 12.7 Å². The highest BCUT2D eigenvalue weighted by Crippen LogP contribution is 2.30. The number of benzene rings is 1. The van der Waals surface area contributed by atoms with Crippen LogP contribution in [0.5, 0.6) is 11.5 Å². The van der Waals surface area contributed by atoms with E-state index in [-0.39, 0.29) is 6.61 Å². The summed E-state index contributed by atoms with van der Waals surface area (Å²) < 4.78 is 16.7. The predicted molar refractivity (Wildman–Crippen MR) is 105 cm³/mol. The number of hydrogen-bond donors (Lipinski definition) is 1. The molecule has 0 spiro atoms. The van der Waals surface area contributed by atoms with Gasteiger partial charge in [-0.2, -0.15) is 0 Å². The molecule has 2 fully saturated rings. The lowest BCUT2D eigenvalue weighted by molar-refractivity contribution is 0.00445. The fourth-order valence-electron chi connectivity index (χ4n) is 3.74. The number of aliphatic hydroxyl groups is 1. The molecule has 1 aromatic carbocycles. The Kier molecular flexibility index (Phi) is 7.76. The predicted octanol–water partition coefficient (Wildman–Crippen LogP) is 2.00. The second-order valence-corrected chi connectivity index (χ2v) is 7.86. The van der Waals surface area contributed by atoms with Crippen molar-refractivity contribution in [2.24, 2.45) is 5.92 Å². The molecule has 2 aliphatic rings. The van der Waals surface area contributed by atoms with E-state index in [2.05, 4.69) is 22.9 Å². The summed E-state index contributed by atoms with van der Waals surface area (Å²) in [4.78, 5) is 4.58. The minimum atomic E-state index is -0.527. The Morgan fingerprint density at radius 3 is 2.70 bits per heavy atom. The smallest absolute Gasteiger partial charge is 0.161 e. The number of rotatable bonds is 10. The maximum atomic E-state index is 10.3. The molecule has 27 heavy (non-hydrogen) atoms. The number of aliphatic hydroxyl groups excluding tert-OH is 1. The normalized spacial score (nSPS) is 19.7. The Bertz CT molecular complexity index is 573. The van der Waals surface area contributed by atoms with Crippen molar-refractivity contribution in [3.63, 3.8) is 0 Å². The van der Waals surface area contributed by atoms with Crippen LogP contribution in [-0.4, -0.2) is 81.2 Å². The SMILES string of the molecule is COc1cc(CN(C)CC2CCC2)ccc1OC[C@@H](O)CN1CCOCC1. The van der Waals surface area contributed by atoms with Crippen LogP contribution in [0.1, 0.15) is 24.8 Å². The lowest BCUT2D eigenvalue weighted by Crippen LogP contribution is -2.42. The van der Waals surface area contributed by atoms with Gasteiger partial charge < -0.3 is 24.2 Å². The van der Waals surface area contributed by atoms with Gasteiger partial charge in [0.05, 0.1) is 20.3 Å². The number of nitrogens with zero attached hydrogens (tertiary/aromatic N) is 2. The number of ether oxygens (including phenoxy) is 3. The van der Waals surface area contributed by atoms with E-state index in [1.807, 2.05) is 12.1 Å². The zero-order valence-corrected chi connectivity index (χ0v) is 16.7. The number of hydrogen-bond acceptors (Lipinski definition) is 6. The molecule has 0 amide bonds. The molecule has 6 heteroatoms. The molecule has 1 saturated carbocycles. The van der Waals surface area contributed by atoms with E-state index in [1.165, 1.54) is 24.8 Å². The lowest BCUT2D eigenvalue weighted by atomic mass is 9.85. The van der Waals surface area contributed by atoms with Crippen LogP contribution in [0.25, 0.3) is 0 Å². The van der Waals surface area contributed by atoms with Gasteiger partial charge in [0.2, 0.25) is 0 Å². The summed E-state index contributed by atoms with van der Waals surface area (Å²) in [5, 5.41) is 10.3. The largest absolute Gasteiger partial charge is 0.493 e. The molecule has 3 rings (SSSR count). The van der Waals surface area contributed by atoms with Crippen LogP contribution in [0.3, 0.4) is 0 Å². The highest BCUT2D eigenvalue weighted by atomic mass is 16.5. The summed E-state index contributed by atoms with van der Waals surface area (Å²) in [6, 6.07) is 6.08. The minimum Gasteiger partial charge on any atom is -0.493 e. The molecule has 1 aliphatic heterocycles. The lowest BCUT2D eigenvalue weighted by Gasteiger charge is -2.30. The average Bonchev–Trinajstić information content (AvgIpc) is 2.64. The molecule has 1 aliphatic carbocycles. The molecule has 0 bridgehead atoms. The van der Waals surface area contributed by atoms with Gasteiger partial charge in [-0.25, -0.2) is 0 Å². The van der Waals surface area contributed by atoms with Crippen LogP contribution < -0.4 is 9.47 Å². The van der Waals surface area contributed by atoms with Crippen molar-refractivity contribution in [3.05, 3.63) is 23.8 Å². The van der Waals surface area contributed by atoms with E-state index in [1.54, 1.807) is 7.11 Å². The fourth-order valence-corrected chi connectivity index (χ4v) is 3.74. The summed E-state index contributed by atoms with van der Waals surface area (Å²) >= 11 is 0. The number of morpholine rings is 1. The second-order valence-electron chi connectivity index (χ2n) is 7.86. The quantitative estimate of drug-likeness (QED) is 0.672. The van der Waals surface area contributed by atoms with Crippen LogP contribution in [-0.2, 0) is 11.3 Å². The van der Waals surface area contributed by atoms with Crippen LogP contribution in [0, 0.1) is 5.92 Å². The van der Waals surface area contributed by atoms with Gasteiger partial charge in [-0.1, -0.05) is 12.5 Å². The molecular formula is C21H34N2O4. The van der Waals surface area contributed by atoms with E-state index >= 15 is 0 Å². The van der Waals surface area contributed by atoms with E-state index in [0.717, 1.165) is 51.1 Å². The van der Waals surface area contributed by atoms with Crippen molar-refractivity contribution in [2.45, 2.75) is 31.9 Å². The van der Waals surface area contributed by atoms with Gasteiger partial charge in [0.25, 0.3) is 0 Å². The van der Waals surface area contributed by atoms with Crippen molar-refractivity contribution in [3.8, 4) is 11.5 Å². The van der Waals surface area contributed by atoms with Crippen LogP contribution >= 0.6 is 0 Å². The molecule has 1 heterocycles. The van der Waals surface area contributed by atoms with E-state index in [0.29, 0.717) is 12.3 Å². The van der Waals surface area contributed by atoms with Crippen molar-refractivity contribution in [1.82, 2.24) is 9.80 Å². The number of β-amino-alcohol motifs (C(OH)–C–C–N with tert-alkyl or cyclic N) is 1. The van der Waals surface area contributed by atoms with Crippen LogP contribution in [0.2, 0.25) is 0 Å². The second kappa shape index (κ2) is 10.3. The number of methoxy groups -OCH3 is 1. The van der Waals surface area contributed by atoms with Crippen molar-refractivity contribution in [2.75, 3.05) is 60.2 Å². The first-order valence-electron chi connectivity index (χ1n) is 10.1. The molecule has 6 nitrogen and oxygen atoms in total. The standard InChI is InChI=1S/C21H34N2O4/c1-22(13-17-4-3-5-17)14-18-6-7-20(21(12-18)25-2)27-16-19(24)15-23-8-10-26-11-9-23/h6-7,12,17,19,24H,3-5,8-11,13-16H2,1-2H3/t19-/m0/s1. The van der Waals surface area contributed by atoms with Gasteiger partial charge in [0.15, 0.2) is 11.5 Å². The first kappa shape index (κ1) is 20.4. The molecule has 152 valence electrons. The Morgan fingerprint density at radius 1 is 1.26 bits per heavy atom. The Morgan fingerprint density at radius 2 is 2.04 bits per heavy atom. The Hall–Kier alpha value is -1.34. The molecular weight excluding hydrogens is 344 g/mol. The van der Waals surface area contributed by atoms with E-state index < -0.39 is 6.10 Å². The van der Waals surface area contributed by atoms with Gasteiger partial charge in [-0.3, -0.25) is 4.90 Å². The average molecular weight is 379 g/mol. The Balaban J connectivity index is 1.47. The topological polar surface area (TPSA) is 54.4 Å². The third-order valence-electron chi connectivity index (χ3n) is 5.48. The third-order valence-corrected chi connectivity index (χ3v) is 5.48. The summed E-state index contributed by atoms with van der Waals surface area (Å²) in [7, 11) is 3.84. The summed E-state index contributed by atoms with van der Waals surface area (Å²) in [5.74, 6) is 2.28. The first-order valence-corrected chi connectivity index (χ1v) is 10.1. The van der Waals surface area contributed by atoms with Crippen LogP contribution in [0.4, 0.5) is 0 Å². The fraction of sp³-hybridized carbons (Fsp3) is 0.714. The Labute approximate surface area is 163 Å². The zero-order valence-electron chi connectivity index (χ0n) is 16.7. The van der Waals surface area contributed by atoms with Gasteiger partial charge in [-0.15, -0.1) is 0 Å². The summed E-state index contributed by atoms with van der Waals surface area (Å²) in [6.45, 7) is 6.13. The van der Waals surface area contributed by atoms with Crippen molar-refractivity contribution >= 4 is 0 Å². The van der Waals surface area contributed by atoms with E-state index in [4.69, 9.17) is 14.2 Å². The van der Waals surface area contributed by atoms with Gasteiger partial charge >= 0.3 is 0 Å². The summed E-state index contributed by atoms with van der Waals surface area (Å²) in [5.41, 5.74) is 1.22. The molecule has 0 radical (unpaired) electrons. The van der Waals surface area contributed by atoms with E-state index in [9.17, 15) is 5.11 Å². The molecule has 1 N–H and O–H groups in total. The van der Waals surface area contributed by atoms with Crippen molar-refractivity contribution < 1.29 is 19.3 Å². The highest BCUT2D eigenvalue weighted by molar-refractivity contribution is 5.43. The molecule has 1 saturated heterocycles. The molecule has 0 aromatic heterocycles. The van der Waals surface area contributed by atoms with Gasteiger partial charge in [0, 0.05) is 32.7 Å². The zero-order chi connectivity index (χ0) is 19.1. The van der Waals surface area contributed by atoms with Gasteiger partial charge in [-0.05, 0) is 43.5 Å². The highest BCUT2D eigenvalue weighted by Gasteiger charge is 2.19. The molecule has 0 unspecified atom stereocenters. The minimum absolute atomic E-state index is 0.259. The van der Waals surface area contributed by atoms with Crippen LogP contribution in [0.15, 0.2) is 18.2 Å². The maximum Gasteiger partial charge on any atom is 0.161 e. The van der Waals surface area contributed by atoms with Crippen molar-refractivity contribution in [1.29, 1.82) is 0 Å². The third kappa shape index (κ3) is 6.35. The molecule has 1 atom stereocenters. The monoisotopic (exact) mass is 378 g/mol. The molecule has 1 aromatic rings. The maximum absolute atomic E-state index is 10.3. The first-order chi connectivity index (χ1) is 13.1.